The number of amides is 1. The van der Waals surface area contributed by atoms with Gasteiger partial charge in [0, 0.05) is 17.0 Å². The summed E-state index contributed by atoms with van der Waals surface area (Å²) in [6, 6.07) is 12.9. The van der Waals surface area contributed by atoms with Crippen LogP contribution in [-0.4, -0.2) is 22.7 Å². The largest absolute Gasteiger partial charge is 0.507 e. The Bertz CT molecular complexity index is 1060. The van der Waals surface area contributed by atoms with Gasteiger partial charge in [0.2, 0.25) is 0 Å². The molecule has 3 aromatic rings. The Kier molecular flexibility index (Phi) is 4.45. The number of nitrogens with two attached hydrogens (primary N) is 1. The molecular weight excluding hydrogens is 362 g/mol. The zero-order chi connectivity index (χ0) is 19.0. The summed E-state index contributed by atoms with van der Waals surface area (Å²) >= 11 is 1.55. The minimum atomic E-state index is -0.648. The fourth-order valence-electron chi connectivity index (χ4n) is 2.96. The molecule has 0 unspecified atom stereocenters. The molecule has 0 bridgehead atoms. The van der Waals surface area contributed by atoms with Gasteiger partial charge in [-0.15, -0.1) is 11.3 Å². The lowest BCUT2D eigenvalue weighted by Crippen LogP contribution is -2.15. The Morgan fingerprint density at radius 1 is 1.26 bits per heavy atom. The molecule has 1 heterocycles. The zero-order valence-corrected chi connectivity index (χ0v) is 15.6. The van der Waals surface area contributed by atoms with E-state index in [9.17, 15) is 9.90 Å². The van der Waals surface area contributed by atoms with Gasteiger partial charge in [-0.3, -0.25) is 4.79 Å². The average Bonchev–Trinajstić information content (AvgIpc) is 3.43. The molecule has 138 valence electrons. The normalized spacial score (nSPS) is 14.3. The Morgan fingerprint density at radius 2 is 2.00 bits per heavy atom. The van der Waals surface area contributed by atoms with Crippen LogP contribution in [0.25, 0.3) is 11.3 Å². The molecule has 1 amide bonds. The molecule has 0 spiro atoms. The summed E-state index contributed by atoms with van der Waals surface area (Å²) in [4.78, 5) is 17.2. The fraction of sp³-hybridized carbons (Fsp3) is 0.200. The number of aromatic nitrogens is 1. The summed E-state index contributed by atoms with van der Waals surface area (Å²) in [6.45, 7) is 0. The van der Waals surface area contributed by atoms with Crippen molar-refractivity contribution in [3.63, 3.8) is 0 Å². The van der Waals surface area contributed by atoms with Crippen molar-refractivity contribution < 1.29 is 14.6 Å². The predicted octanol–water partition coefficient (Wildman–Crippen LogP) is 3.60. The Balaban J connectivity index is 1.81. The van der Waals surface area contributed by atoms with Gasteiger partial charge in [-0.2, -0.15) is 0 Å². The molecule has 7 heteroatoms. The van der Waals surface area contributed by atoms with Crippen LogP contribution < -0.4 is 15.3 Å². The third kappa shape index (κ3) is 3.46. The highest BCUT2D eigenvalue weighted by Crippen LogP contribution is 2.38. The monoisotopic (exact) mass is 381 g/mol. The molecule has 0 atom stereocenters. The van der Waals surface area contributed by atoms with E-state index < -0.39 is 5.91 Å². The van der Waals surface area contributed by atoms with Gasteiger partial charge >= 0.3 is 0 Å². The van der Waals surface area contributed by atoms with Crippen molar-refractivity contribution in [3.8, 4) is 22.8 Å². The van der Waals surface area contributed by atoms with Crippen molar-refractivity contribution >= 4 is 22.9 Å². The van der Waals surface area contributed by atoms with Crippen molar-refractivity contribution in [2.24, 2.45) is 10.7 Å². The van der Waals surface area contributed by atoms with E-state index in [1.807, 2.05) is 29.6 Å². The number of thiazole rings is 1. The topological polar surface area (TPSA) is 89.8 Å². The van der Waals surface area contributed by atoms with Crippen LogP contribution in [0.1, 0.15) is 29.2 Å². The van der Waals surface area contributed by atoms with Crippen molar-refractivity contribution in [2.75, 3.05) is 7.11 Å². The smallest absolute Gasteiger partial charge is 0.252 e. The molecule has 0 aliphatic heterocycles. The quantitative estimate of drug-likeness (QED) is 0.708. The average molecular weight is 381 g/mol. The number of methoxy groups -OCH3 is 1. The van der Waals surface area contributed by atoms with Crippen LogP contribution in [0.4, 0.5) is 5.69 Å². The lowest BCUT2D eigenvalue weighted by atomic mass is 10.1. The van der Waals surface area contributed by atoms with Crippen LogP contribution in [0, 0.1) is 0 Å². The standard InChI is InChI=1S/C20H19N3O3S/c1-26-15-7-3-13(4-8-15)22-20-23(14-5-6-14)17(11-27-20)12-2-9-18(24)16(10-12)19(21)25/h2-4,7-11,14,24H,5-6H2,1H3,(H2,21,25). The first-order valence-electron chi connectivity index (χ1n) is 8.59. The van der Waals surface area contributed by atoms with E-state index >= 15 is 0 Å². The Morgan fingerprint density at radius 3 is 2.63 bits per heavy atom. The second kappa shape index (κ2) is 6.92. The lowest BCUT2D eigenvalue weighted by Gasteiger charge is -2.09. The summed E-state index contributed by atoms with van der Waals surface area (Å²) in [5.74, 6) is 0.0345. The van der Waals surface area contributed by atoms with E-state index in [0.29, 0.717) is 6.04 Å². The van der Waals surface area contributed by atoms with Crippen molar-refractivity contribution in [1.82, 2.24) is 4.57 Å². The number of ether oxygens (including phenoxy) is 1. The molecule has 4 rings (SSSR count). The molecule has 1 aliphatic rings. The van der Waals surface area contributed by atoms with Crippen LogP contribution >= 0.6 is 11.3 Å². The van der Waals surface area contributed by atoms with Gasteiger partial charge in [-0.05, 0) is 55.3 Å². The predicted molar refractivity (Wildman–Crippen MR) is 104 cm³/mol. The maximum absolute atomic E-state index is 11.6. The first-order valence-corrected chi connectivity index (χ1v) is 9.47. The van der Waals surface area contributed by atoms with E-state index in [-0.39, 0.29) is 11.3 Å². The number of hydrogen-bond donors (Lipinski definition) is 2. The van der Waals surface area contributed by atoms with E-state index in [2.05, 4.69) is 4.57 Å². The molecule has 27 heavy (non-hydrogen) atoms. The van der Waals surface area contributed by atoms with Gasteiger partial charge in [-0.25, -0.2) is 4.99 Å². The fourth-order valence-corrected chi connectivity index (χ4v) is 3.94. The minimum absolute atomic E-state index is 0.109. The number of aromatic hydroxyl groups is 1. The number of primary amides is 1. The van der Waals surface area contributed by atoms with Crippen LogP contribution in [-0.2, 0) is 0 Å². The highest BCUT2D eigenvalue weighted by atomic mass is 32.1. The van der Waals surface area contributed by atoms with Crippen LogP contribution in [0.15, 0.2) is 52.8 Å². The highest BCUT2D eigenvalue weighted by molar-refractivity contribution is 7.07. The van der Waals surface area contributed by atoms with E-state index in [0.717, 1.165) is 40.3 Å². The second-order valence-electron chi connectivity index (χ2n) is 6.41. The van der Waals surface area contributed by atoms with E-state index in [1.54, 1.807) is 30.6 Å². The molecule has 0 saturated heterocycles. The number of benzene rings is 2. The summed E-state index contributed by atoms with van der Waals surface area (Å²) < 4.78 is 7.39. The number of phenols is 1. The molecule has 2 aromatic carbocycles. The summed E-state index contributed by atoms with van der Waals surface area (Å²) in [5.41, 5.74) is 8.14. The Labute approximate surface area is 160 Å². The third-order valence-corrected chi connectivity index (χ3v) is 5.35. The molecule has 1 fully saturated rings. The molecule has 1 saturated carbocycles. The van der Waals surface area contributed by atoms with Gasteiger partial charge in [0.25, 0.3) is 5.91 Å². The van der Waals surface area contributed by atoms with Gasteiger partial charge in [0.15, 0.2) is 4.80 Å². The number of rotatable bonds is 5. The van der Waals surface area contributed by atoms with Crippen molar-refractivity contribution in [1.29, 1.82) is 0 Å². The summed E-state index contributed by atoms with van der Waals surface area (Å²) in [7, 11) is 1.64. The maximum atomic E-state index is 11.6. The van der Waals surface area contributed by atoms with Gasteiger partial charge in [-0.1, -0.05) is 0 Å². The number of carbonyl (C=O) groups is 1. The molecule has 0 radical (unpaired) electrons. The SMILES string of the molecule is COc1ccc(N=c2scc(-c3ccc(O)c(C(N)=O)c3)n2C2CC2)cc1. The van der Waals surface area contributed by atoms with Crippen LogP contribution in [0.3, 0.4) is 0 Å². The third-order valence-electron chi connectivity index (χ3n) is 4.51. The zero-order valence-electron chi connectivity index (χ0n) is 14.8. The van der Waals surface area contributed by atoms with Crippen LogP contribution in [0.2, 0.25) is 0 Å². The first kappa shape index (κ1) is 17.4. The van der Waals surface area contributed by atoms with Crippen molar-refractivity contribution in [3.05, 3.63) is 58.2 Å². The first-order chi connectivity index (χ1) is 13.1. The molecule has 1 aromatic heterocycles. The summed E-state index contributed by atoms with van der Waals surface area (Å²) in [6.07, 6.45) is 2.20. The minimum Gasteiger partial charge on any atom is -0.507 e. The molecule has 3 N–H and O–H groups in total. The van der Waals surface area contributed by atoms with E-state index in [4.69, 9.17) is 15.5 Å². The highest BCUT2D eigenvalue weighted by Gasteiger charge is 2.27. The Hall–Kier alpha value is -3.06. The maximum Gasteiger partial charge on any atom is 0.252 e. The van der Waals surface area contributed by atoms with Crippen molar-refractivity contribution in [2.45, 2.75) is 18.9 Å². The van der Waals surface area contributed by atoms with Gasteiger partial charge in [0.1, 0.15) is 11.5 Å². The van der Waals surface area contributed by atoms with Gasteiger partial charge in [0.05, 0.1) is 24.1 Å². The molecular formula is C20H19N3O3S. The lowest BCUT2D eigenvalue weighted by molar-refractivity contribution is 0.0998. The number of carbonyl (C=O) groups excluding carboxylic acids is 1. The second-order valence-corrected chi connectivity index (χ2v) is 7.25. The summed E-state index contributed by atoms with van der Waals surface area (Å²) in [5, 5.41) is 11.9. The number of hydrogen-bond acceptors (Lipinski definition) is 5. The van der Waals surface area contributed by atoms with Gasteiger partial charge < -0.3 is 20.1 Å². The van der Waals surface area contributed by atoms with Crippen LogP contribution in [0.5, 0.6) is 11.5 Å². The molecule has 1 aliphatic carbocycles. The number of nitrogens with zero attached hydrogens (tertiary/aromatic N) is 2. The molecule has 6 nitrogen and oxygen atoms in total. The van der Waals surface area contributed by atoms with E-state index in [1.165, 1.54) is 6.07 Å².